The van der Waals surface area contributed by atoms with Crippen LogP contribution in [0.15, 0.2) is 102 Å². The Kier molecular flexibility index (Phi) is 11.9. The summed E-state index contributed by atoms with van der Waals surface area (Å²) in [6, 6.07) is 35.7. The fourth-order valence-corrected chi connectivity index (χ4v) is 9.89. The lowest BCUT2D eigenvalue weighted by Crippen LogP contribution is -1.81. The van der Waals surface area contributed by atoms with E-state index in [1.54, 1.807) is 0 Å². The summed E-state index contributed by atoms with van der Waals surface area (Å²) < 4.78 is 0. The van der Waals surface area contributed by atoms with E-state index in [-0.39, 0.29) is 0 Å². The second-order valence-electron chi connectivity index (χ2n) is 11.9. The van der Waals surface area contributed by atoms with Crippen molar-refractivity contribution in [3.8, 4) is 40.4 Å². The molecule has 5 heteroatoms. The number of rotatable bonds is 16. The van der Waals surface area contributed by atoms with Gasteiger partial charge >= 0.3 is 0 Å². The van der Waals surface area contributed by atoms with E-state index in [0.29, 0.717) is 0 Å². The summed E-state index contributed by atoms with van der Waals surface area (Å²) in [5.41, 5.74) is 4.59. The van der Waals surface area contributed by atoms with Gasteiger partial charge in [0.05, 0.1) is 5.69 Å². The van der Waals surface area contributed by atoms with Gasteiger partial charge in [-0.05, 0) is 103 Å². The highest BCUT2D eigenvalue weighted by atomic mass is 32.1. The maximum Gasteiger partial charge on any atom is 0.0630 e. The summed E-state index contributed by atoms with van der Waals surface area (Å²) in [5, 5.41) is 0. The van der Waals surface area contributed by atoms with E-state index < -0.39 is 0 Å². The first-order valence-electron chi connectivity index (χ1n) is 16.8. The fourth-order valence-electron chi connectivity index (χ4n) is 5.59. The molecule has 0 amide bonds. The summed E-state index contributed by atoms with van der Waals surface area (Å²) in [4.78, 5) is 15.9. The van der Waals surface area contributed by atoms with Gasteiger partial charge in [-0.1, -0.05) is 88.8 Å². The van der Waals surface area contributed by atoms with Crippen molar-refractivity contribution in [3.63, 3.8) is 0 Å². The van der Waals surface area contributed by atoms with Crippen molar-refractivity contribution in [1.82, 2.24) is 0 Å². The van der Waals surface area contributed by atoms with Crippen LogP contribution in [0.3, 0.4) is 0 Å². The molecule has 0 saturated heterocycles. The molecule has 6 rings (SSSR count). The quantitative estimate of drug-likeness (QED) is 0.0714. The zero-order chi connectivity index (χ0) is 31.6. The number of unbranched alkanes of at least 4 members (excludes halogenated alkanes) is 6. The third-order valence-electron chi connectivity index (χ3n) is 8.28. The van der Waals surface area contributed by atoms with Gasteiger partial charge in [-0.3, -0.25) is 4.99 Å². The number of thiophene rings is 4. The van der Waals surface area contributed by atoms with E-state index >= 15 is 0 Å². The molecular weight excluding hydrogens is 635 g/mol. The van der Waals surface area contributed by atoms with Crippen LogP contribution in [0.1, 0.15) is 80.5 Å². The van der Waals surface area contributed by atoms with Crippen molar-refractivity contribution >= 4 is 57.2 Å². The normalized spacial score (nSPS) is 11.6. The van der Waals surface area contributed by atoms with Gasteiger partial charge in [0.15, 0.2) is 0 Å². The van der Waals surface area contributed by atoms with Crippen molar-refractivity contribution in [2.24, 2.45) is 4.99 Å². The Labute approximate surface area is 291 Å². The molecular formula is C41H43NS4. The largest absolute Gasteiger partial charge is 0.256 e. The Morgan fingerprint density at radius 3 is 1.37 bits per heavy atom. The van der Waals surface area contributed by atoms with E-state index in [2.05, 4.69) is 111 Å². The first-order chi connectivity index (χ1) is 22.7. The average Bonchev–Trinajstić information content (AvgIpc) is 3.92. The van der Waals surface area contributed by atoms with E-state index in [9.17, 15) is 0 Å². The topological polar surface area (TPSA) is 12.4 Å². The van der Waals surface area contributed by atoms with Gasteiger partial charge in [-0.15, -0.1) is 45.3 Å². The molecule has 0 unspecified atom stereocenters. The summed E-state index contributed by atoms with van der Waals surface area (Å²) in [6.07, 6.45) is 14.9. The minimum Gasteiger partial charge on any atom is -0.256 e. The fraction of sp³-hybridized carbons (Fsp3) is 0.293. The standard InChI is InChI=1S/C41H43NS4/c1-3-5-7-9-11-34-21-23-38(43-34)40-27-25-36(45-40)31-15-13-30(14-16-31)29-42-33-19-17-32(18-20-33)37-26-28-41(46-37)39-24-22-35(44-39)12-10-8-6-4-2/h13-29H,3-12H2,1-2H3. The van der Waals surface area contributed by atoms with Crippen LogP contribution in [-0.4, -0.2) is 6.21 Å². The van der Waals surface area contributed by atoms with Crippen LogP contribution in [0.2, 0.25) is 0 Å². The Balaban J connectivity index is 1.03. The highest BCUT2D eigenvalue weighted by molar-refractivity contribution is 7.24. The van der Waals surface area contributed by atoms with Crippen molar-refractivity contribution in [2.75, 3.05) is 0 Å². The van der Waals surface area contributed by atoms with Crippen molar-refractivity contribution in [3.05, 3.63) is 112 Å². The molecule has 1 nitrogen and oxygen atoms in total. The molecule has 0 saturated carbocycles. The van der Waals surface area contributed by atoms with Crippen molar-refractivity contribution in [1.29, 1.82) is 0 Å². The molecule has 0 aliphatic carbocycles. The Morgan fingerprint density at radius 2 is 0.870 bits per heavy atom. The first-order valence-corrected chi connectivity index (χ1v) is 20.1. The molecule has 2 aromatic carbocycles. The lowest BCUT2D eigenvalue weighted by atomic mass is 10.1. The summed E-state index contributed by atoms with van der Waals surface area (Å²) in [6.45, 7) is 4.55. The van der Waals surface area contributed by atoms with Crippen LogP contribution in [-0.2, 0) is 12.8 Å². The molecule has 0 atom stereocenters. The Morgan fingerprint density at radius 1 is 0.435 bits per heavy atom. The zero-order valence-electron chi connectivity index (χ0n) is 27.0. The number of aliphatic imine (C=N–C) groups is 1. The van der Waals surface area contributed by atoms with Gasteiger partial charge in [0, 0.05) is 45.2 Å². The molecule has 0 aliphatic heterocycles. The third kappa shape index (κ3) is 8.83. The molecule has 0 spiro atoms. The second kappa shape index (κ2) is 16.6. The van der Waals surface area contributed by atoms with Gasteiger partial charge in [-0.2, -0.15) is 0 Å². The smallest absolute Gasteiger partial charge is 0.0630 e. The zero-order valence-corrected chi connectivity index (χ0v) is 30.2. The number of nitrogens with zero attached hydrogens (tertiary/aromatic N) is 1. The predicted octanol–water partition coefficient (Wildman–Crippen LogP) is 14.6. The predicted molar refractivity (Wildman–Crippen MR) is 209 cm³/mol. The highest BCUT2D eigenvalue weighted by Gasteiger charge is 2.10. The maximum atomic E-state index is 4.77. The first kappa shape index (κ1) is 32.8. The van der Waals surface area contributed by atoms with E-state index in [0.717, 1.165) is 11.3 Å². The third-order valence-corrected chi connectivity index (χ3v) is 13.2. The molecule has 0 radical (unpaired) electrons. The van der Waals surface area contributed by atoms with Crippen molar-refractivity contribution in [2.45, 2.75) is 78.1 Å². The van der Waals surface area contributed by atoms with Gasteiger partial charge in [-0.25, -0.2) is 0 Å². The molecule has 0 bridgehead atoms. The van der Waals surface area contributed by atoms with Crippen LogP contribution in [0.5, 0.6) is 0 Å². The Hall–Kier alpha value is -3.09. The van der Waals surface area contributed by atoms with Crippen LogP contribution >= 0.6 is 45.3 Å². The van der Waals surface area contributed by atoms with Crippen molar-refractivity contribution < 1.29 is 0 Å². The lowest BCUT2D eigenvalue weighted by molar-refractivity contribution is 0.670. The van der Waals surface area contributed by atoms with Crippen LogP contribution in [0, 0.1) is 0 Å². The molecule has 46 heavy (non-hydrogen) atoms. The van der Waals surface area contributed by atoms with Gasteiger partial charge in [0.25, 0.3) is 0 Å². The molecule has 236 valence electrons. The minimum atomic E-state index is 0.971. The van der Waals surface area contributed by atoms with Gasteiger partial charge < -0.3 is 0 Å². The number of aryl methyl sites for hydroxylation is 2. The lowest BCUT2D eigenvalue weighted by Gasteiger charge is -2.00. The molecule has 0 fully saturated rings. The molecule has 4 aromatic heterocycles. The SMILES string of the molecule is CCCCCCc1ccc(-c2ccc(-c3ccc(C=Nc4ccc(-c5ccc(-c6ccc(CCCCCC)s6)s5)cc4)cc3)s2)s1. The summed E-state index contributed by atoms with van der Waals surface area (Å²) in [7, 11) is 0. The monoisotopic (exact) mass is 677 g/mol. The van der Waals surface area contributed by atoms with Crippen LogP contribution in [0.25, 0.3) is 40.4 Å². The van der Waals surface area contributed by atoms with E-state index in [1.165, 1.54) is 114 Å². The number of hydrogen-bond donors (Lipinski definition) is 0. The van der Waals surface area contributed by atoms with Gasteiger partial charge in [0.1, 0.15) is 0 Å². The summed E-state index contributed by atoms with van der Waals surface area (Å²) in [5.74, 6) is 0. The number of benzene rings is 2. The van der Waals surface area contributed by atoms with E-state index in [1.807, 2.05) is 51.6 Å². The maximum absolute atomic E-state index is 4.77. The minimum absolute atomic E-state index is 0.971. The molecule has 4 heterocycles. The molecule has 0 aliphatic rings. The average molecular weight is 678 g/mol. The van der Waals surface area contributed by atoms with Gasteiger partial charge in [0.2, 0.25) is 0 Å². The van der Waals surface area contributed by atoms with Crippen LogP contribution in [0.4, 0.5) is 5.69 Å². The Bertz CT molecular complexity index is 1680. The van der Waals surface area contributed by atoms with Crippen LogP contribution < -0.4 is 0 Å². The highest BCUT2D eigenvalue weighted by Crippen LogP contribution is 2.39. The van der Waals surface area contributed by atoms with E-state index in [4.69, 9.17) is 4.99 Å². The molecule has 0 N–H and O–H groups in total. The second-order valence-corrected chi connectivity index (χ2v) is 16.4. The number of hydrogen-bond acceptors (Lipinski definition) is 5. The summed E-state index contributed by atoms with van der Waals surface area (Å²) >= 11 is 7.67. The molecule has 6 aromatic rings.